The monoisotopic (exact) mass is 159 g/mol. The van der Waals surface area contributed by atoms with E-state index >= 15 is 0 Å². The third-order valence-corrected chi connectivity index (χ3v) is 1.32. The summed E-state index contributed by atoms with van der Waals surface area (Å²) in [5.74, 6) is 0. The summed E-state index contributed by atoms with van der Waals surface area (Å²) in [7, 11) is 0. The molecule has 0 radical (unpaired) electrons. The second kappa shape index (κ2) is 1.78. The van der Waals surface area contributed by atoms with E-state index in [9.17, 15) is 0 Å². The van der Waals surface area contributed by atoms with Crippen LogP contribution in [-0.2, 0) is 0 Å². The first-order valence-electron chi connectivity index (χ1n) is 2.16. The molecule has 0 spiro atoms. The van der Waals surface area contributed by atoms with E-state index in [1.807, 2.05) is 6.08 Å². The Morgan fingerprint density at radius 3 is 2.71 bits per heavy atom. The van der Waals surface area contributed by atoms with Gasteiger partial charge in [-0.05, 0) is 34.5 Å². The van der Waals surface area contributed by atoms with E-state index in [-0.39, 0.29) is 0 Å². The minimum absolute atomic E-state index is 0.876. The molecule has 1 aliphatic heterocycles. The van der Waals surface area contributed by atoms with Crippen LogP contribution >= 0.6 is 15.9 Å². The van der Waals surface area contributed by atoms with Crippen molar-refractivity contribution in [3.05, 3.63) is 11.6 Å². The molecule has 0 bridgehead atoms. The number of halogens is 1. The van der Waals surface area contributed by atoms with Gasteiger partial charge in [-0.1, -0.05) is 0 Å². The molecule has 38 valence electrons. The average Bonchev–Trinajstić information content (AvgIpc) is 1.87. The van der Waals surface area contributed by atoms with Crippen LogP contribution in [0.3, 0.4) is 0 Å². The highest BCUT2D eigenvalue weighted by atomic mass is 79.9. The van der Waals surface area contributed by atoms with Crippen molar-refractivity contribution in [2.24, 2.45) is 4.99 Å². The van der Waals surface area contributed by atoms with Crippen LogP contribution in [0, 0.1) is 0 Å². The zero-order valence-electron chi connectivity index (χ0n) is 4.11. The summed E-state index contributed by atoms with van der Waals surface area (Å²) in [6.07, 6.45) is 2.03. The molecule has 0 unspecified atom stereocenters. The minimum Gasteiger partial charge on any atom is -0.273 e. The van der Waals surface area contributed by atoms with Crippen molar-refractivity contribution >= 4 is 20.6 Å². The highest BCUT2D eigenvalue weighted by molar-refractivity contribution is 9.18. The second-order valence-electron chi connectivity index (χ2n) is 1.63. The van der Waals surface area contributed by atoms with E-state index in [0.29, 0.717) is 0 Å². The summed E-state index contributed by atoms with van der Waals surface area (Å²) in [5.41, 5.74) is 1.33. The smallest absolute Gasteiger partial charge is 0.100 e. The Labute approximate surface area is 51.3 Å². The van der Waals surface area contributed by atoms with Crippen molar-refractivity contribution in [3.8, 4) is 0 Å². The number of nitrogens with zero attached hydrogens (tertiary/aromatic N) is 1. The van der Waals surface area contributed by atoms with E-state index in [0.717, 1.165) is 11.2 Å². The fourth-order valence-electron chi connectivity index (χ4n) is 0.495. The van der Waals surface area contributed by atoms with Crippen LogP contribution in [0.2, 0.25) is 0 Å². The lowest BCUT2D eigenvalue weighted by Gasteiger charge is -1.77. The fraction of sp³-hybridized carbons (Fsp3) is 0.400. The third kappa shape index (κ3) is 1.13. The highest BCUT2D eigenvalue weighted by Crippen LogP contribution is 2.06. The zero-order valence-corrected chi connectivity index (χ0v) is 5.70. The molecule has 0 saturated heterocycles. The molecule has 2 heteroatoms. The van der Waals surface area contributed by atoms with E-state index in [1.165, 1.54) is 5.57 Å². The maximum absolute atomic E-state index is 4.06. The lowest BCUT2D eigenvalue weighted by molar-refractivity contribution is 1.18. The Kier molecular flexibility index (Phi) is 1.28. The first-order chi connectivity index (χ1) is 3.29. The van der Waals surface area contributed by atoms with Gasteiger partial charge < -0.3 is 0 Å². The molecule has 0 aromatic heterocycles. The van der Waals surface area contributed by atoms with Crippen LogP contribution in [0.4, 0.5) is 0 Å². The number of aliphatic imine (C=N–C) groups is 1. The average molecular weight is 160 g/mol. The molecular weight excluding hydrogens is 154 g/mol. The predicted octanol–water partition coefficient (Wildman–Crippen LogP) is 1.74. The topological polar surface area (TPSA) is 12.4 Å². The Balaban J connectivity index is 2.69. The lowest BCUT2D eigenvalue weighted by Crippen LogP contribution is -1.70. The molecule has 0 N–H and O–H groups in total. The number of hydrogen-bond donors (Lipinski definition) is 0. The van der Waals surface area contributed by atoms with Crippen LogP contribution in [-0.4, -0.2) is 11.2 Å². The first kappa shape index (κ1) is 5.04. The van der Waals surface area contributed by atoms with Crippen molar-refractivity contribution < 1.29 is 0 Å². The zero-order chi connectivity index (χ0) is 5.28. The van der Waals surface area contributed by atoms with Gasteiger partial charge in [-0.15, -0.1) is 0 Å². The maximum atomic E-state index is 4.06. The molecule has 7 heavy (non-hydrogen) atoms. The van der Waals surface area contributed by atoms with E-state index in [1.54, 1.807) is 0 Å². The van der Waals surface area contributed by atoms with Crippen molar-refractivity contribution in [2.45, 2.75) is 6.92 Å². The summed E-state index contributed by atoms with van der Waals surface area (Å²) in [6, 6.07) is 0. The standard InChI is InChI=1S/C5H6BrN/c1-4-2-5(6)7-3-4/h2H,3H2,1H3. The van der Waals surface area contributed by atoms with Crippen molar-refractivity contribution in [3.63, 3.8) is 0 Å². The fourth-order valence-corrected chi connectivity index (χ4v) is 1.01. The molecule has 0 aromatic rings. The van der Waals surface area contributed by atoms with Crippen molar-refractivity contribution in [2.75, 3.05) is 6.54 Å². The quantitative estimate of drug-likeness (QED) is 0.511. The van der Waals surface area contributed by atoms with Crippen LogP contribution in [0.1, 0.15) is 6.92 Å². The molecule has 1 nitrogen and oxygen atoms in total. The van der Waals surface area contributed by atoms with Gasteiger partial charge in [0.15, 0.2) is 0 Å². The van der Waals surface area contributed by atoms with Crippen LogP contribution in [0.15, 0.2) is 16.6 Å². The molecule has 1 aliphatic rings. The second-order valence-corrected chi connectivity index (χ2v) is 2.44. The summed E-state index contributed by atoms with van der Waals surface area (Å²) in [5, 5.41) is 0. The number of hydrogen-bond acceptors (Lipinski definition) is 1. The van der Waals surface area contributed by atoms with Gasteiger partial charge in [0.1, 0.15) is 4.62 Å². The lowest BCUT2D eigenvalue weighted by atomic mass is 10.3. The minimum atomic E-state index is 0.876. The summed E-state index contributed by atoms with van der Waals surface area (Å²) < 4.78 is 0.977. The van der Waals surface area contributed by atoms with Crippen molar-refractivity contribution in [1.82, 2.24) is 0 Å². The Bertz CT molecular complexity index is 135. The Hall–Kier alpha value is -0.110. The van der Waals surface area contributed by atoms with Crippen LogP contribution in [0.5, 0.6) is 0 Å². The molecule has 0 atom stereocenters. The molecular formula is C5H6BrN. The Morgan fingerprint density at radius 2 is 2.57 bits per heavy atom. The van der Waals surface area contributed by atoms with Gasteiger partial charge in [0, 0.05) is 0 Å². The maximum Gasteiger partial charge on any atom is 0.100 e. The Morgan fingerprint density at radius 1 is 1.86 bits per heavy atom. The normalized spacial score (nSPS) is 19.1. The molecule has 0 saturated carbocycles. The van der Waals surface area contributed by atoms with E-state index < -0.39 is 0 Å². The molecule has 1 heterocycles. The largest absolute Gasteiger partial charge is 0.273 e. The third-order valence-electron chi connectivity index (χ3n) is 0.845. The van der Waals surface area contributed by atoms with Gasteiger partial charge in [-0.3, -0.25) is 4.99 Å². The first-order valence-corrected chi connectivity index (χ1v) is 2.95. The summed E-state index contributed by atoms with van der Waals surface area (Å²) >= 11 is 3.25. The predicted molar refractivity (Wildman–Crippen MR) is 35.0 cm³/mol. The van der Waals surface area contributed by atoms with Crippen LogP contribution < -0.4 is 0 Å². The SMILES string of the molecule is CC1=CC(Br)=NC1. The molecule has 0 amide bonds. The van der Waals surface area contributed by atoms with Gasteiger partial charge in [0.05, 0.1) is 6.54 Å². The molecule has 0 fully saturated rings. The van der Waals surface area contributed by atoms with Crippen LogP contribution in [0.25, 0.3) is 0 Å². The van der Waals surface area contributed by atoms with Gasteiger partial charge in [0.25, 0.3) is 0 Å². The summed E-state index contributed by atoms with van der Waals surface area (Å²) in [4.78, 5) is 4.06. The van der Waals surface area contributed by atoms with Gasteiger partial charge >= 0.3 is 0 Å². The molecule has 0 aromatic carbocycles. The molecule has 1 rings (SSSR count). The van der Waals surface area contributed by atoms with E-state index in [4.69, 9.17) is 0 Å². The summed E-state index contributed by atoms with van der Waals surface area (Å²) in [6.45, 7) is 2.94. The van der Waals surface area contributed by atoms with Crippen molar-refractivity contribution in [1.29, 1.82) is 0 Å². The van der Waals surface area contributed by atoms with E-state index in [2.05, 4.69) is 27.8 Å². The van der Waals surface area contributed by atoms with Gasteiger partial charge in [-0.25, -0.2) is 0 Å². The molecule has 0 aliphatic carbocycles. The van der Waals surface area contributed by atoms with Gasteiger partial charge in [0.2, 0.25) is 0 Å². The highest BCUT2D eigenvalue weighted by Gasteiger charge is 1.97. The number of allylic oxidation sites excluding steroid dienone is 1. The van der Waals surface area contributed by atoms with Gasteiger partial charge in [-0.2, -0.15) is 0 Å². The number of rotatable bonds is 0.